The summed E-state index contributed by atoms with van der Waals surface area (Å²) in [6, 6.07) is 5.53. The highest BCUT2D eigenvalue weighted by Crippen LogP contribution is 2.27. The number of rotatable bonds is 6. The summed E-state index contributed by atoms with van der Waals surface area (Å²) in [6.45, 7) is 2.78. The summed E-state index contributed by atoms with van der Waals surface area (Å²) in [7, 11) is 1.57. The number of aryl methyl sites for hydroxylation is 1. The zero-order valence-corrected chi connectivity index (χ0v) is 10.2. The normalized spacial score (nSPS) is 9.82. The zero-order chi connectivity index (χ0) is 12.7. The number of amides is 1. The quantitative estimate of drug-likeness (QED) is 0.755. The highest BCUT2D eigenvalue weighted by molar-refractivity contribution is 5.77. The van der Waals surface area contributed by atoms with Crippen LogP contribution in [-0.2, 0) is 4.79 Å². The van der Waals surface area contributed by atoms with Gasteiger partial charge in [-0.15, -0.1) is 0 Å². The molecular weight excluding hydrogens is 220 g/mol. The van der Waals surface area contributed by atoms with Gasteiger partial charge in [-0.1, -0.05) is 6.07 Å². The van der Waals surface area contributed by atoms with Crippen molar-refractivity contribution in [2.24, 2.45) is 5.73 Å². The first-order chi connectivity index (χ1) is 8.17. The first-order valence-electron chi connectivity index (χ1n) is 5.41. The van der Waals surface area contributed by atoms with E-state index in [0.29, 0.717) is 24.6 Å². The molecule has 5 heteroatoms. The van der Waals surface area contributed by atoms with Gasteiger partial charge in [0.1, 0.15) is 0 Å². The second-order valence-electron chi connectivity index (χ2n) is 3.58. The largest absolute Gasteiger partial charge is 0.493 e. The van der Waals surface area contributed by atoms with E-state index >= 15 is 0 Å². The minimum atomic E-state index is -0.196. The Labute approximate surface area is 101 Å². The Morgan fingerprint density at radius 3 is 2.82 bits per heavy atom. The maximum absolute atomic E-state index is 11.3. The molecular formula is C12H18N2O3. The highest BCUT2D eigenvalue weighted by Gasteiger charge is 2.06. The molecule has 0 unspecified atom stereocenters. The molecule has 0 heterocycles. The second kappa shape index (κ2) is 6.75. The standard InChI is InChI=1S/C12H18N2O3/c1-9-3-4-10(11(7-9)16-2)17-8-12(15)14-6-5-13/h3-4,7H,5-6,8,13H2,1-2H3,(H,14,15). The molecule has 3 N–H and O–H groups in total. The van der Waals surface area contributed by atoms with E-state index in [9.17, 15) is 4.79 Å². The van der Waals surface area contributed by atoms with Crippen LogP contribution in [0.15, 0.2) is 18.2 Å². The van der Waals surface area contributed by atoms with Gasteiger partial charge in [-0.3, -0.25) is 4.79 Å². The Bertz CT molecular complexity index is 380. The monoisotopic (exact) mass is 238 g/mol. The molecule has 1 amide bonds. The molecule has 17 heavy (non-hydrogen) atoms. The van der Waals surface area contributed by atoms with Crippen molar-refractivity contribution in [2.75, 3.05) is 26.8 Å². The van der Waals surface area contributed by atoms with Crippen molar-refractivity contribution >= 4 is 5.91 Å². The molecule has 0 aliphatic rings. The number of hydrogen-bond donors (Lipinski definition) is 2. The minimum absolute atomic E-state index is 0.0422. The number of hydrogen-bond acceptors (Lipinski definition) is 4. The van der Waals surface area contributed by atoms with Crippen LogP contribution >= 0.6 is 0 Å². The first kappa shape index (κ1) is 13.3. The van der Waals surface area contributed by atoms with Crippen molar-refractivity contribution in [3.8, 4) is 11.5 Å². The summed E-state index contributed by atoms with van der Waals surface area (Å²) in [5.41, 5.74) is 6.34. The van der Waals surface area contributed by atoms with Gasteiger partial charge in [-0.2, -0.15) is 0 Å². The van der Waals surface area contributed by atoms with E-state index in [1.165, 1.54) is 0 Å². The van der Waals surface area contributed by atoms with Crippen LogP contribution in [0.2, 0.25) is 0 Å². The summed E-state index contributed by atoms with van der Waals surface area (Å²) in [6.07, 6.45) is 0. The predicted molar refractivity (Wildman–Crippen MR) is 65.3 cm³/mol. The number of ether oxygens (including phenoxy) is 2. The average Bonchev–Trinajstić information content (AvgIpc) is 2.34. The van der Waals surface area contributed by atoms with Crippen LogP contribution in [0.1, 0.15) is 5.56 Å². The van der Waals surface area contributed by atoms with Crippen LogP contribution in [0.3, 0.4) is 0 Å². The summed E-state index contributed by atoms with van der Waals surface area (Å²) in [4.78, 5) is 11.3. The molecule has 0 spiro atoms. The maximum atomic E-state index is 11.3. The molecule has 0 aromatic heterocycles. The fourth-order valence-electron chi connectivity index (χ4n) is 1.30. The highest BCUT2D eigenvalue weighted by atomic mass is 16.5. The molecule has 0 aliphatic heterocycles. The van der Waals surface area contributed by atoms with Gasteiger partial charge in [0, 0.05) is 13.1 Å². The third-order valence-electron chi connectivity index (χ3n) is 2.14. The van der Waals surface area contributed by atoms with E-state index in [4.69, 9.17) is 15.2 Å². The van der Waals surface area contributed by atoms with E-state index in [1.807, 2.05) is 19.1 Å². The lowest BCUT2D eigenvalue weighted by molar-refractivity contribution is -0.123. The topological polar surface area (TPSA) is 73.6 Å². The van der Waals surface area contributed by atoms with Crippen molar-refractivity contribution in [3.63, 3.8) is 0 Å². The number of carbonyl (C=O) groups excluding carboxylic acids is 1. The van der Waals surface area contributed by atoms with E-state index in [-0.39, 0.29) is 12.5 Å². The van der Waals surface area contributed by atoms with Crippen molar-refractivity contribution in [1.29, 1.82) is 0 Å². The average molecular weight is 238 g/mol. The van der Waals surface area contributed by atoms with Gasteiger partial charge in [-0.25, -0.2) is 0 Å². The number of nitrogens with one attached hydrogen (secondary N) is 1. The molecule has 0 aliphatic carbocycles. The molecule has 1 aromatic rings. The van der Waals surface area contributed by atoms with Crippen molar-refractivity contribution < 1.29 is 14.3 Å². The number of carbonyl (C=O) groups is 1. The number of benzene rings is 1. The van der Waals surface area contributed by atoms with Gasteiger partial charge in [0.25, 0.3) is 5.91 Å². The Hall–Kier alpha value is -1.75. The Kier molecular flexibility index (Phi) is 5.29. The Morgan fingerprint density at radius 2 is 2.18 bits per heavy atom. The lowest BCUT2D eigenvalue weighted by Crippen LogP contribution is -2.32. The molecule has 5 nitrogen and oxygen atoms in total. The van der Waals surface area contributed by atoms with Gasteiger partial charge in [0.05, 0.1) is 7.11 Å². The summed E-state index contributed by atoms with van der Waals surface area (Å²) in [5, 5.41) is 2.62. The molecule has 94 valence electrons. The zero-order valence-electron chi connectivity index (χ0n) is 10.2. The van der Waals surface area contributed by atoms with Crippen LogP contribution in [0.5, 0.6) is 11.5 Å². The molecule has 1 aromatic carbocycles. The summed E-state index contributed by atoms with van der Waals surface area (Å²) in [5.74, 6) is 0.982. The van der Waals surface area contributed by atoms with Crippen molar-refractivity contribution in [2.45, 2.75) is 6.92 Å². The van der Waals surface area contributed by atoms with E-state index in [1.54, 1.807) is 13.2 Å². The molecule has 0 saturated carbocycles. The van der Waals surface area contributed by atoms with Crippen LogP contribution in [-0.4, -0.2) is 32.7 Å². The first-order valence-corrected chi connectivity index (χ1v) is 5.41. The third kappa shape index (κ3) is 4.32. The number of methoxy groups -OCH3 is 1. The van der Waals surface area contributed by atoms with Crippen molar-refractivity contribution in [1.82, 2.24) is 5.32 Å². The van der Waals surface area contributed by atoms with Gasteiger partial charge in [-0.05, 0) is 24.6 Å². The predicted octanol–water partition coefficient (Wildman–Crippen LogP) is 0.457. The summed E-state index contributed by atoms with van der Waals surface area (Å²) >= 11 is 0. The smallest absolute Gasteiger partial charge is 0.257 e. The number of nitrogens with two attached hydrogens (primary N) is 1. The van der Waals surface area contributed by atoms with Crippen LogP contribution in [0.4, 0.5) is 0 Å². The van der Waals surface area contributed by atoms with Crippen LogP contribution in [0.25, 0.3) is 0 Å². The SMILES string of the molecule is COc1cc(C)ccc1OCC(=O)NCCN. The van der Waals surface area contributed by atoms with Gasteiger partial charge in [0.15, 0.2) is 18.1 Å². The maximum Gasteiger partial charge on any atom is 0.257 e. The third-order valence-corrected chi connectivity index (χ3v) is 2.14. The molecule has 0 radical (unpaired) electrons. The minimum Gasteiger partial charge on any atom is -0.493 e. The molecule has 1 rings (SSSR count). The molecule has 0 bridgehead atoms. The van der Waals surface area contributed by atoms with Crippen LogP contribution in [0, 0.1) is 6.92 Å². The lowest BCUT2D eigenvalue weighted by atomic mass is 10.2. The fraction of sp³-hybridized carbons (Fsp3) is 0.417. The van der Waals surface area contributed by atoms with Gasteiger partial charge >= 0.3 is 0 Å². The van der Waals surface area contributed by atoms with Gasteiger partial charge in [0.2, 0.25) is 0 Å². The van der Waals surface area contributed by atoms with E-state index < -0.39 is 0 Å². The summed E-state index contributed by atoms with van der Waals surface area (Å²) < 4.78 is 10.5. The molecule has 0 fully saturated rings. The molecule has 0 atom stereocenters. The lowest BCUT2D eigenvalue weighted by Gasteiger charge is -2.11. The Morgan fingerprint density at radius 1 is 1.41 bits per heavy atom. The van der Waals surface area contributed by atoms with Crippen LogP contribution < -0.4 is 20.5 Å². The van der Waals surface area contributed by atoms with E-state index in [0.717, 1.165) is 5.56 Å². The Balaban J connectivity index is 2.54. The second-order valence-corrected chi connectivity index (χ2v) is 3.58. The molecule has 0 saturated heterocycles. The van der Waals surface area contributed by atoms with Gasteiger partial charge < -0.3 is 20.5 Å². The fourth-order valence-corrected chi connectivity index (χ4v) is 1.30. The van der Waals surface area contributed by atoms with E-state index in [2.05, 4.69) is 5.32 Å². The van der Waals surface area contributed by atoms with Crippen molar-refractivity contribution in [3.05, 3.63) is 23.8 Å².